The molecule has 1 amide bonds. The number of amides is 1. The molecular weight excluding hydrogens is 194 g/mol. The number of carbonyl (C=O) groups excluding carboxylic acids is 1. The van der Waals surface area contributed by atoms with Crippen LogP contribution < -0.4 is 15.8 Å². The normalized spacial score (nSPS) is 10.1. The van der Waals surface area contributed by atoms with Gasteiger partial charge in [-0.3, -0.25) is 4.79 Å². The second-order valence-electron chi connectivity index (χ2n) is 3.28. The molecule has 0 saturated heterocycles. The van der Waals surface area contributed by atoms with E-state index in [4.69, 9.17) is 10.5 Å². The third-order valence-corrected chi connectivity index (χ3v) is 1.58. The molecule has 3 N–H and O–H groups in total. The minimum Gasteiger partial charge on any atom is -0.473 e. The second-order valence-corrected chi connectivity index (χ2v) is 3.28. The number of aromatic nitrogens is 1. The van der Waals surface area contributed by atoms with Crippen LogP contribution >= 0.6 is 0 Å². The van der Waals surface area contributed by atoms with Crippen LogP contribution in [0.15, 0.2) is 18.3 Å². The first kappa shape index (κ1) is 11.5. The molecule has 1 aromatic heterocycles. The van der Waals surface area contributed by atoms with E-state index in [0.717, 1.165) is 0 Å². The number of pyridine rings is 1. The van der Waals surface area contributed by atoms with Crippen LogP contribution in [0.5, 0.6) is 5.88 Å². The summed E-state index contributed by atoms with van der Waals surface area (Å²) in [5.41, 5.74) is 5.74. The standard InChI is InChI=1S/C10H15N3O2/c1-7(2)15-10-8(4-3-5-12-10)13-9(14)6-11/h3-5,7H,6,11H2,1-2H3,(H,13,14). The number of ether oxygens (including phenoxy) is 1. The van der Waals surface area contributed by atoms with Gasteiger partial charge < -0.3 is 15.8 Å². The SMILES string of the molecule is CC(C)Oc1ncccc1NC(=O)CN. The van der Waals surface area contributed by atoms with Gasteiger partial charge in [0.25, 0.3) is 0 Å². The van der Waals surface area contributed by atoms with E-state index in [0.29, 0.717) is 11.6 Å². The second kappa shape index (κ2) is 5.31. The van der Waals surface area contributed by atoms with Gasteiger partial charge in [0.2, 0.25) is 11.8 Å². The molecule has 0 aromatic carbocycles. The van der Waals surface area contributed by atoms with E-state index in [9.17, 15) is 4.79 Å². The van der Waals surface area contributed by atoms with E-state index in [1.54, 1.807) is 18.3 Å². The van der Waals surface area contributed by atoms with E-state index < -0.39 is 0 Å². The molecule has 5 nitrogen and oxygen atoms in total. The maximum Gasteiger partial charge on any atom is 0.238 e. The van der Waals surface area contributed by atoms with E-state index in [2.05, 4.69) is 10.3 Å². The molecule has 1 aromatic rings. The lowest BCUT2D eigenvalue weighted by Gasteiger charge is -2.12. The van der Waals surface area contributed by atoms with Gasteiger partial charge >= 0.3 is 0 Å². The first-order valence-electron chi connectivity index (χ1n) is 4.75. The number of anilines is 1. The van der Waals surface area contributed by atoms with Gasteiger partial charge in [-0.2, -0.15) is 0 Å². The largest absolute Gasteiger partial charge is 0.473 e. The van der Waals surface area contributed by atoms with Gasteiger partial charge in [0.15, 0.2) is 0 Å². The highest BCUT2D eigenvalue weighted by molar-refractivity contribution is 5.93. The molecule has 0 fully saturated rings. The predicted molar refractivity (Wildman–Crippen MR) is 57.7 cm³/mol. The number of hydrogen-bond acceptors (Lipinski definition) is 4. The van der Waals surface area contributed by atoms with Crippen molar-refractivity contribution in [1.82, 2.24) is 4.98 Å². The zero-order valence-corrected chi connectivity index (χ0v) is 8.86. The summed E-state index contributed by atoms with van der Waals surface area (Å²) in [4.78, 5) is 15.1. The van der Waals surface area contributed by atoms with Crippen molar-refractivity contribution in [3.8, 4) is 5.88 Å². The fourth-order valence-electron chi connectivity index (χ4n) is 1.00. The fourth-order valence-corrected chi connectivity index (χ4v) is 1.00. The Labute approximate surface area is 88.6 Å². The van der Waals surface area contributed by atoms with Crippen LogP contribution in [0, 0.1) is 0 Å². The average molecular weight is 209 g/mol. The molecule has 1 heterocycles. The molecule has 0 radical (unpaired) electrons. The molecule has 0 aliphatic rings. The molecule has 0 aliphatic heterocycles. The highest BCUT2D eigenvalue weighted by Gasteiger charge is 2.08. The Balaban J connectivity index is 2.81. The Morgan fingerprint density at radius 3 is 3.00 bits per heavy atom. The summed E-state index contributed by atoms with van der Waals surface area (Å²) in [6, 6.07) is 3.44. The summed E-state index contributed by atoms with van der Waals surface area (Å²) in [5.74, 6) is 0.144. The number of nitrogens with one attached hydrogen (secondary N) is 1. The van der Waals surface area contributed by atoms with Crippen molar-refractivity contribution in [1.29, 1.82) is 0 Å². The summed E-state index contributed by atoms with van der Waals surface area (Å²) < 4.78 is 5.42. The lowest BCUT2D eigenvalue weighted by atomic mass is 10.4. The molecule has 82 valence electrons. The topological polar surface area (TPSA) is 77.2 Å². The van der Waals surface area contributed by atoms with Crippen LogP contribution in [0.25, 0.3) is 0 Å². The molecule has 0 unspecified atom stereocenters. The first-order valence-corrected chi connectivity index (χ1v) is 4.75. The Morgan fingerprint density at radius 2 is 2.40 bits per heavy atom. The summed E-state index contributed by atoms with van der Waals surface area (Å²) >= 11 is 0. The smallest absolute Gasteiger partial charge is 0.238 e. The molecule has 0 spiro atoms. The third kappa shape index (κ3) is 3.55. The molecule has 1 rings (SSSR count). The molecule has 0 aliphatic carbocycles. The van der Waals surface area contributed by atoms with Gasteiger partial charge in [-0.1, -0.05) is 0 Å². The minimum absolute atomic E-state index is 0.00780. The maximum atomic E-state index is 11.1. The summed E-state index contributed by atoms with van der Waals surface area (Å²) in [7, 11) is 0. The zero-order valence-electron chi connectivity index (χ0n) is 8.86. The molecule has 0 saturated carbocycles. The third-order valence-electron chi connectivity index (χ3n) is 1.58. The minimum atomic E-state index is -0.267. The number of rotatable bonds is 4. The Kier molecular flexibility index (Phi) is 4.05. The van der Waals surface area contributed by atoms with Crippen molar-refractivity contribution in [2.45, 2.75) is 20.0 Å². The van der Waals surface area contributed by atoms with Crippen LogP contribution in [0.2, 0.25) is 0 Å². The summed E-state index contributed by atoms with van der Waals surface area (Å²) in [6.07, 6.45) is 1.61. The quantitative estimate of drug-likeness (QED) is 0.767. The van der Waals surface area contributed by atoms with Gasteiger partial charge in [-0.25, -0.2) is 4.98 Å². The predicted octanol–water partition coefficient (Wildman–Crippen LogP) is 0.766. The van der Waals surface area contributed by atoms with Crippen LogP contribution in [-0.2, 0) is 4.79 Å². The molecule has 5 heteroatoms. The van der Waals surface area contributed by atoms with Gasteiger partial charge in [-0.05, 0) is 26.0 Å². The number of nitrogens with two attached hydrogens (primary N) is 1. The van der Waals surface area contributed by atoms with Gasteiger partial charge in [0.1, 0.15) is 5.69 Å². The molecular formula is C10H15N3O2. The van der Waals surface area contributed by atoms with Crippen LogP contribution in [-0.4, -0.2) is 23.5 Å². The highest BCUT2D eigenvalue weighted by Crippen LogP contribution is 2.21. The zero-order chi connectivity index (χ0) is 11.3. The molecule has 0 atom stereocenters. The van der Waals surface area contributed by atoms with Crippen molar-refractivity contribution < 1.29 is 9.53 Å². The van der Waals surface area contributed by atoms with Crippen LogP contribution in [0.1, 0.15) is 13.8 Å². The van der Waals surface area contributed by atoms with Crippen LogP contribution in [0.3, 0.4) is 0 Å². The Hall–Kier alpha value is -1.62. The Morgan fingerprint density at radius 1 is 1.67 bits per heavy atom. The summed E-state index contributed by atoms with van der Waals surface area (Å²) in [5, 5.41) is 2.61. The number of nitrogens with zero attached hydrogens (tertiary/aromatic N) is 1. The van der Waals surface area contributed by atoms with Crippen molar-refractivity contribution >= 4 is 11.6 Å². The first-order chi connectivity index (χ1) is 7.13. The average Bonchev–Trinajstić information content (AvgIpc) is 2.20. The van der Waals surface area contributed by atoms with E-state index in [1.807, 2.05) is 13.8 Å². The van der Waals surface area contributed by atoms with Gasteiger partial charge in [0, 0.05) is 6.20 Å². The lowest BCUT2D eigenvalue weighted by molar-refractivity contribution is -0.114. The maximum absolute atomic E-state index is 11.1. The summed E-state index contributed by atoms with van der Waals surface area (Å²) in [6.45, 7) is 3.72. The highest BCUT2D eigenvalue weighted by atomic mass is 16.5. The van der Waals surface area contributed by atoms with Crippen molar-refractivity contribution in [2.75, 3.05) is 11.9 Å². The molecule has 0 bridgehead atoms. The van der Waals surface area contributed by atoms with Gasteiger partial charge in [0.05, 0.1) is 12.6 Å². The van der Waals surface area contributed by atoms with Gasteiger partial charge in [-0.15, -0.1) is 0 Å². The van der Waals surface area contributed by atoms with Crippen LogP contribution in [0.4, 0.5) is 5.69 Å². The fraction of sp³-hybridized carbons (Fsp3) is 0.400. The van der Waals surface area contributed by atoms with Crippen molar-refractivity contribution in [2.24, 2.45) is 5.73 Å². The van der Waals surface area contributed by atoms with E-state index in [-0.39, 0.29) is 18.6 Å². The lowest BCUT2D eigenvalue weighted by Crippen LogP contribution is -2.22. The van der Waals surface area contributed by atoms with E-state index in [1.165, 1.54) is 0 Å². The monoisotopic (exact) mass is 209 g/mol. The number of hydrogen-bond donors (Lipinski definition) is 2. The Bertz CT molecular complexity index is 339. The van der Waals surface area contributed by atoms with E-state index >= 15 is 0 Å². The van der Waals surface area contributed by atoms with Crippen molar-refractivity contribution in [3.63, 3.8) is 0 Å². The molecule has 15 heavy (non-hydrogen) atoms. The number of carbonyl (C=O) groups is 1. The van der Waals surface area contributed by atoms with Crippen molar-refractivity contribution in [3.05, 3.63) is 18.3 Å².